The Kier molecular flexibility index (Phi) is 6.65. The van der Waals surface area contributed by atoms with Crippen LogP contribution in [0.2, 0.25) is 0 Å². The van der Waals surface area contributed by atoms with Crippen molar-refractivity contribution >= 4 is 5.91 Å². The Morgan fingerprint density at radius 1 is 1.31 bits per heavy atom. The Hall–Kier alpha value is -0.570. The van der Waals surface area contributed by atoms with Crippen molar-refractivity contribution in [2.24, 2.45) is 11.8 Å². The summed E-state index contributed by atoms with van der Waals surface area (Å²) in [5, 5.41) is 12.8. The second-order valence-corrected chi connectivity index (χ2v) is 5.18. The molecule has 3 heteroatoms. The van der Waals surface area contributed by atoms with Crippen LogP contribution >= 0.6 is 0 Å². The first-order chi connectivity index (χ1) is 7.33. The van der Waals surface area contributed by atoms with Crippen molar-refractivity contribution in [3.8, 4) is 0 Å². The Morgan fingerprint density at radius 2 is 1.81 bits per heavy atom. The van der Waals surface area contributed by atoms with Crippen molar-refractivity contribution in [1.29, 1.82) is 0 Å². The van der Waals surface area contributed by atoms with E-state index in [0.29, 0.717) is 18.9 Å². The van der Waals surface area contributed by atoms with Gasteiger partial charge < -0.3 is 10.4 Å². The molecular weight excluding hydrogens is 202 g/mol. The zero-order chi connectivity index (χ0) is 12.8. The predicted octanol–water partition coefficient (Wildman–Crippen LogP) is 2.34. The summed E-state index contributed by atoms with van der Waals surface area (Å²) in [6.45, 7) is 10.2. The maximum Gasteiger partial charge on any atom is 0.220 e. The van der Waals surface area contributed by atoms with E-state index >= 15 is 0 Å². The number of hydrogen-bond acceptors (Lipinski definition) is 2. The number of rotatable bonds is 7. The molecule has 1 atom stereocenters. The smallest absolute Gasteiger partial charge is 0.220 e. The molecule has 0 aromatic rings. The largest absolute Gasteiger partial charge is 0.388 e. The topological polar surface area (TPSA) is 49.3 Å². The van der Waals surface area contributed by atoms with E-state index in [4.69, 9.17) is 0 Å². The van der Waals surface area contributed by atoms with Gasteiger partial charge in [0, 0.05) is 13.0 Å². The van der Waals surface area contributed by atoms with Crippen LogP contribution in [0.15, 0.2) is 0 Å². The molecule has 3 nitrogen and oxygen atoms in total. The van der Waals surface area contributed by atoms with Crippen molar-refractivity contribution in [2.45, 2.75) is 59.5 Å². The van der Waals surface area contributed by atoms with Crippen molar-refractivity contribution < 1.29 is 9.90 Å². The van der Waals surface area contributed by atoms with Crippen LogP contribution in [0.25, 0.3) is 0 Å². The maximum absolute atomic E-state index is 11.6. The number of carbonyl (C=O) groups excluding carboxylic acids is 1. The second-order valence-electron chi connectivity index (χ2n) is 5.18. The number of amides is 1. The van der Waals surface area contributed by atoms with Crippen LogP contribution in [0, 0.1) is 11.8 Å². The highest BCUT2D eigenvalue weighted by atomic mass is 16.3. The van der Waals surface area contributed by atoms with Gasteiger partial charge >= 0.3 is 0 Å². The zero-order valence-corrected chi connectivity index (χ0v) is 11.3. The molecule has 0 spiro atoms. The van der Waals surface area contributed by atoms with E-state index in [0.717, 1.165) is 12.8 Å². The minimum Gasteiger partial charge on any atom is -0.388 e. The molecule has 0 bridgehead atoms. The standard InChI is InChI=1S/C13H27NO2/c1-6-11(7-2)8-12(15)14-9-13(5,16)10(3)4/h10-11,16H,6-9H2,1-5H3,(H,14,15). The van der Waals surface area contributed by atoms with Gasteiger partial charge in [-0.25, -0.2) is 0 Å². The summed E-state index contributed by atoms with van der Waals surface area (Å²) in [7, 11) is 0. The predicted molar refractivity (Wildman–Crippen MR) is 67.2 cm³/mol. The van der Waals surface area contributed by atoms with E-state index in [-0.39, 0.29) is 11.8 Å². The third-order valence-corrected chi connectivity index (χ3v) is 3.52. The van der Waals surface area contributed by atoms with Crippen LogP contribution in [-0.4, -0.2) is 23.2 Å². The summed E-state index contributed by atoms with van der Waals surface area (Å²) in [5.74, 6) is 0.652. The van der Waals surface area contributed by atoms with Crippen LogP contribution in [-0.2, 0) is 4.79 Å². The van der Waals surface area contributed by atoms with E-state index in [1.165, 1.54) is 0 Å². The van der Waals surface area contributed by atoms with Gasteiger partial charge in [-0.1, -0.05) is 40.5 Å². The van der Waals surface area contributed by atoms with Gasteiger partial charge in [-0.15, -0.1) is 0 Å². The maximum atomic E-state index is 11.6. The molecule has 0 aromatic heterocycles. The second kappa shape index (κ2) is 6.89. The van der Waals surface area contributed by atoms with Gasteiger partial charge in [0.05, 0.1) is 5.60 Å². The molecule has 0 rings (SSSR count). The fourth-order valence-corrected chi connectivity index (χ4v) is 1.39. The van der Waals surface area contributed by atoms with E-state index < -0.39 is 5.60 Å². The van der Waals surface area contributed by atoms with Crippen LogP contribution in [0.1, 0.15) is 53.9 Å². The SMILES string of the molecule is CCC(CC)CC(=O)NCC(C)(O)C(C)C. The lowest BCUT2D eigenvalue weighted by molar-refractivity contribution is -0.123. The van der Waals surface area contributed by atoms with Gasteiger partial charge in [0.15, 0.2) is 0 Å². The summed E-state index contributed by atoms with van der Waals surface area (Å²) < 4.78 is 0. The molecule has 0 saturated carbocycles. The summed E-state index contributed by atoms with van der Waals surface area (Å²) >= 11 is 0. The highest BCUT2D eigenvalue weighted by molar-refractivity contribution is 5.76. The fraction of sp³-hybridized carbons (Fsp3) is 0.923. The van der Waals surface area contributed by atoms with E-state index in [1.54, 1.807) is 6.92 Å². The third-order valence-electron chi connectivity index (χ3n) is 3.52. The average Bonchev–Trinajstić information content (AvgIpc) is 2.23. The average molecular weight is 229 g/mol. The highest BCUT2D eigenvalue weighted by Crippen LogP contribution is 2.15. The van der Waals surface area contributed by atoms with Gasteiger partial charge in [-0.05, 0) is 18.8 Å². The lowest BCUT2D eigenvalue weighted by atomic mass is 9.92. The van der Waals surface area contributed by atoms with Crippen molar-refractivity contribution in [3.05, 3.63) is 0 Å². The van der Waals surface area contributed by atoms with E-state index in [2.05, 4.69) is 19.2 Å². The Morgan fingerprint density at radius 3 is 2.19 bits per heavy atom. The molecule has 16 heavy (non-hydrogen) atoms. The van der Waals surface area contributed by atoms with Crippen molar-refractivity contribution in [1.82, 2.24) is 5.32 Å². The Bertz CT molecular complexity index is 208. The van der Waals surface area contributed by atoms with Gasteiger partial charge in [-0.3, -0.25) is 4.79 Å². The number of carbonyl (C=O) groups is 1. The molecule has 96 valence electrons. The van der Waals surface area contributed by atoms with Gasteiger partial charge in [0.2, 0.25) is 5.91 Å². The Labute approximate surface area is 99.6 Å². The highest BCUT2D eigenvalue weighted by Gasteiger charge is 2.25. The lowest BCUT2D eigenvalue weighted by Crippen LogP contribution is -2.44. The quantitative estimate of drug-likeness (QED) is 0.704. The summed E-state index contributed by atoms with van der Waals surface area (Å²) in [4.78, 5) is 11.6. The molecule has 0 aliphatic carbocycles. The van der Waals surface area contributed by atoms with Crippen LogP contribution in [0.4, 0.5) is 0 Å². The van der Waals surface area contributed by atoms with Gasteiger partial charge in [0.1, 0.15) is 0 Å². The first-order valence-corrected chi connectivity index (χ1v) is 6.32. The Balaban J connectivity index is 3.98. The number of hydrogen-bond donors (Lipinski definition) is 2. The molecule has 1 unspecified atom stereocenters. The van der Waals surface area contributed by atoms with Crippen molar-refractivity contribution in [2.75, 3.05) is 6.54 Å². The molecule has 0 fully saturated rings. The normalized spacial score (nSPS) is 15.2. The molecule has 0 aliphatic heterocycles. The number of nitrogens with one attached hydrogen (secondary N) is 1. The van der Waals surface area contributed by atoms with Gasteiger partial charge in [0.25, 0.3) is 0 Å². The monoisotopic (exact) mass is 229 g/mol. The summed E-state index contributed by atoms with van der Waals surface area (Å²) in [6.07, 6.45) is 2.64. The molecule has 0 radical (unpaired) electrons. The molecule has 0 aromatic carbocycles. The van der Waals surface area contributed by atoms with E-state index in [9.17, 15) is 9.90 Å². The molecular formula is C13H27NO2. The summed E-state index contributed by atoms with van der Waals surface area (Å²) in [5.41, 5.74) is -0.816. The van der Waals surface area contributed by atoms with Gasteiger partial charge in [-0.2, -0.15) is 0 Å². The minimum absolute atomic E-state index is 0.0506. The zero-order valence-electron chi connectivity index (χ0n) is 11.3. The molecule has 0 heterocycles. The minimum atomic E-state index is -0.816. The summed E-state index contributed by atoms with van der Waals surface area (Å²) in [6, 6.07) is 0. The molecule has 1 amide bonds. The first-order valence-electron chi connectivity index (χ1n) is 6.32. The molecule has 0 saturated heterocycles. The fourth-order valence-electron chi connectivity index (χ4n) is 1.39. The lowest BCUT2D eigenvalue weighted by Gasteiger charge is -2.28. The van der Waals surface area contributed by atoms with Crippen molar-refractivity contribution in [3.63, 3.8) is 0 Å². The third kappa shape index (κ3) is 5.50. The number of aliphatic hydroxyl groups is 1. The van der Waals surface area contributed by atoms with Crippen LogP contribution < -0.4 is 5.32 Å². The molecule has 0 aliphatic rings. The van der Waals surface area contributed by atoms with Crippen LogP contribution in [0.5, 0.6) is 0 Å². The molecule has 2 N–H and O–H groups in total. The van der Waals surface area contributed by atoms with E-state index in [1.807, 2.05) is 13.8 Å². The van der Waals surface area contributed by atoms with Crippen LogP contribution in [0.3, 0.4) is 0 Å². The first kappa shape index (κ1) is 15.4.